The SMILES string of the molecule is Cc1ccccc1CN1CCN(C(=O)[C@@H](NC(=O)Cc2ccccc2)C(C)C)CC1. The minimum atomic E-state index is -0.482. The molecule has 0 unspecified atom stereocenters. The van der Waals surface area contributed by atoms with Crippen molar-refractivity contribution in [1.82, 2.24) is 15.1 Å². The van der Waals surface area contributed by atoms with Gasteiger partial charge in [-0.25, -0.2) is 0 Å². The number of piperazine rings is 1. The maximum atomic E-state index is 13.1. The van der Waals surface area contributed by atoms with Gasteiger partial charge in [-0.05, 0) is 29.5 Å². The summed E-state index contributed by atoms with van der Waals surface area (Å²) in [6.45, 7) is 10.1. The summed E-state index contributed by atoms with van der Waals surface area (Å²) < 4.78 is 0. The molecule has 1 fully saturated rings. The van der Waals surface area contributed by atoms with Gasteiger partial charge < -0.3 is 10.2 Å². The minimum Gasteiger partial charge on any atom is -0.344 e. The van der Waals surface area contributed by atoms with E-state index in [4.69, 9.17) is 0 Å². The second-order valence-corrected chi connectivity index (χ2v) is 8.48. The molecular formula is C25H33N3O2. The number of carbonyl (C=O) groups excluding carboxylic acids is 2. The molecule has 5 heteroatoms. The minimum absolute atomic E-state index is 0.0296. The first-order valence-corrected chi connectivity index (χ1v) is 10.8. The molecule has 1 heterocycles. The molecule has 30 heavy (non-hydrogen) atoms. The van der Waals surface area contributed by atoms with Gasteiger partial charge in [-0.15, -0.1) is 0 Å². The van der Waals surface area contributed by atoms with Crippen LogP contribution < -0.4 is 5.32 Å². The molecule has 1 aliphatic heterocycles. The highest BCUT2D eigenvalue weighted by molar-refractivity contribution is 5.88. The molecule has 1 N–H and O–H groups in total. The molecule has 1 aliphatic rings. The van der Waals surface area contributed by atoms with Crippen LogP contribution in [0.15, 0.2) is 54.6 Å². The van der Waals surface area contributed by atoms with Crippen molar-refractivity contribution in [2.75, 3.05) is 26.2 Å². The monoisotopic (exact) mass is 407 g/mol. The highest BCUT2D eigenvalue weighted by Crippen LogP contribution is 2.14. The van der Waals surface area contributed by atoms with Gasteiger partial charge in [0, 0.05) is 32.7 Å². The quantitative estimate of drug-likeness (QED) is 0.768. The molecule has 0 bridgehead atoms. The number of nitrogens with one attached hydrogen (secondary N) is 1. The van der Waals surface area contributed by atoms with Crippen molar-refractivity contribution in [2.24, 2.45) is 5.92 Å². The van der Waals surface area contributed by atoms with Crippen LogP contribution in [0.1, 0.15) is 30.5 Å². The molecule has 0 saturated carbocycles. The van der Waals surface area contributed by atoms with Crippen molar-refractivity contribution in [3.63, 3.8) is 0 Å². The summed E-state index contributed by atoms with van der Waals surface area (Å²) in [5.41, 5.74) is 3.59. The summed E-state index contributed by atoms with van der Waals surface area (Å²) >= 11 is 0. The third-order valence-corrected chi connectivity index (χ3v) is 5.80. The number of hydrogen-bond acceptors (Lipinski definition) is 3. The van der Waals surface area contributed by atoms with E-state index in [-0.39, 0.29) is 17.7 Å². The van der Waals surface area contributed by atoms with Gasteiger partial charge in [-0.2, -0.15) is 0 Å². The van der Waals surface area contributed by atoms with Crippen molar-refractivity contribution in [3.05, 3.63) is 71.3 Å². The third-order valence-electron chi connectivity index (χ3n) is 5.80. The average Bonchev–Trinajstić information content (AvgIpc) is 2.74. The Bertz CT molecular complexity index is 842. The zero-order valence-corrected chi connectivity index (χ0v) is 18.3. The predicted molar refractivity (Wildman–Crippen MR) is 120 cm³/mol. The van der Waals surface area contributed by atoms with E-state index >= 15 is 0 Å². The molecule has 1 saturated heterocycles. The second-order valence-electron chi connectivity index (χ2n) is 8.48. The lowest BCUT2D eigenvalue weighted by atomic mass is 10.0. The molecule has 0 radical (unpaired) electrons. The van der Waals surface area contributed by atoms with Gasteiger partial charge in [-0.3, -0.25) is 14.5 Å². The highest BCUT2D eigenvalue weighted by atomic mass is 16.2. The fraction of sp³-hybridized carbons (Fsp3) is 0.440. The van der Waals surface area contributed by atoms with Gasteiger partial charge in [0.1, 0.15) is 6.04 Å². The fourth-order valence-corrected chi connectivity index (χ4v) is 3.87. The fourth-order valence-electron chi connectivity index (χ4n) is 3.87. The largest absolute Gasteiger partial charge is 0.344 e. The standard InChI is InChI=1S/C25H33N3O2/c1-19(2)24(26-23(29)17-21-10-5-4-6-11-21)25(30)28-15-13-27(14-16-28)18-22-12-8-7-9-20(22)3/h4-12,19,24H,13-18H2,1-3H3,(H,26,29)/t24-/m0/s1. The first-order valence-electron chi connectivity index (χ1n) is 10.8. The van der Waals surface area contributed by atoms with Crippen molar-refractivity contribution >= 4 is 11.8 Å². The summed E-state index contributed by atoms with van der Waals surface area (Å²) in [5.74, 6) is -0.0318. The lowest BCUT2D eigenvalue weighted by Crippen LogP contribution is -2.56. The Morgan fingerprint density at radius 1 is 0.933 bits per heavy atom. The Balaban J connectivity index is 1.53. The molecule has 2 aromatic carbocycles. The van der Waals surface area contributed by atoms with E-state index in [9.17, 15) is 9.59 Å². The van der Waals surface area contributed by atoms with Crippen molar-refractivity contribution in [3.8, 4) is 0 Å². The Hall–Kier alpha value is -2.66. The van der Waals surface area contributed by atoms with Gasteiger partial charge in [0.15, 0.2) is 0 Å². The van der Waals surface area contributed by atoms with Gasteiger partial charge in [0.2, 0.25) is 11.8 Å². The summed E-state index contributed by atoms with van der Waals surface area (Å²) in [7, 11) is 0. The van der Waals surface area contributed by atoms with E-state index in [1.807, 2.05) is 49.1 Å². The topological polar surface area (TPSA) is 52.6 Å². The number of carbonyl (C=O) groups is 2. The maximum Gasteiger partial charge on any atom is 0.245 e. The molecule has 2 amide bonds. The molecule has 160 valence electrons. The molecular weight excluding hydrogens is 374 g/mol. The van der Waals surface area contributed by atoms with Crippen LogP contribution in [0.4, 0.5) is 0 Å². The smallest absolute Gasteiger partial charge is 0.245 e. The van der Waals surface area contributed by atoms with E-state index < -0.39 is 6.04 Å². The number of aryl methyl sites for hydroxylation is 1. The first kappa shape index (κ1) is 22.0. The van der Waals surface area contributed by atoms with Crippen LogP contribution in [0.5, 0.6) is 0 Å². The summed E-state index contributed by atoms with van der Waals surface area (Å²) in [6.07, 6.45) is 0.293. The van der Waals surface area contributed by atoms with E-state index in [1.165, 1.54) is 11.1 Å². The zero-order valence-electron chi connectivity index (χ0n) is 18.3. The molecule has 2 aromatic rings. The number of hydrogen-bond donors (Lipinski definition) is 1. The summed E-state index contributed by atoms with van der Waals surface area (Å²) in [5, 5.41) is 2.98. The summed E-state index contributed by atoms with van der Waals surface area (Å²) in [6, 6.07) is 17.6. The Kier molecular flexibility index (Phi) is 7.63. The van der Waals surface area contributed by atoms with Crippen LogP contribution in [-0.2, 0) is 22.6 Å². The molecule has 3 rings (SSSR count). The Morgan fingerprint density at radius 2 is 1.57 bits per heavy atom. The van der Waals surface area contributed by atoms with E-state index in [0.29, 0.717) is 19.5 Å². The number of amides is 2. The van der Waals surface area contributed by atoms with E-state index in [0.717, 1.165) is 25.2 Å². The number of benzene rings is 2. The summed E-state index contributed by atoms with van der Waals surface area (Å²) in [4.78, 5) is 29.9. The molecule has 0 spiro atoms. The van der Waals surface area contributed by atoms with Crippen LogP contribution in [0.2, 0.25) is 0 Å². The molecule has 1 atom stereocenters. The lowest BCUT2D eigenvalue weighted by Gasteiger charge is -2.37. The maximum absolute atomic E-state index is 13.1. The van der Waals surface area contributed by atoms with E-state index in [2.05, 4.69) is 41.4 Å². The van der Waals surface area contributed by atoms with Crippen LogP contribution in [-0.4, -0.2) is 53.8 Å². The van der Waals surface area contributed by atoms with Gasteiger partial charge in [0.05, 0.1) is 6.42 Å². The average molecular weight is 408 g/mol. The van der Waals surface area contributed by atoms with Crippen molar-refractivity contribution in [1.29, 1.82) is 0 Å². The van der Waals surface area contributed by atoms with Gasteiger partial charge in [-0.1, -0.05) is 68.4 Å². The van der Waals surface area contributed by atoms with Crippen LogP contribution in [0.25, 0.3) is 0 Å². The van der Waals surface area contributed by atoms with Crippen molar-refractivity contribution < 1.29 is 9.59 Å². The van der Waals surface area contributed by atoms with Crippen LogP contribution >= 0.6 is 0 Å². The predicted octanol–water partition coefficient (Wildman–Crippen LogP) is 3.02. The third kappa shape index (κ3) is 5.92. The molecule has 0 aromatic heterocycles. The number of nitrogens with zero attached hydrogens (tertiary/aromatic N) is 2. The van der Waals surface area contributed by atoms with Crippen LogP contribution in [0.3, 0.4) is 0 Å². The lowest BCUT2D eigenvalue weighted by molar-refractivity contribution is -0.139. The van der Waals surface area contributed by atoms with Crippen LogP contribution in [0, 0.1) is 12.8 Å². The Labute approximate surface area is 180 Å². The van der Waals surface area contributed by atoms with Gasteiger partial charge in [0.25, 0.3) is 0 Å². The van der Waals surface area contributed by atoms with Gasteiger partial charge >= 0.3 is 0 Å². The number of rotatable bonds is 7. The second kappa shape index (κ2) is 10.4. The molecule has 0 aliphatic carbocycles. The van der Waals surface area contributed by atoms with Crippen molar-refractivity contribution in [2.45, 2.75) is 39.8 Å². The molecule has 5 nitrogen and oxygen atoms in total. The Morgan fingerprint density at radius 3 is 2.20 bits per heavy atom. The van der Waals surface area contributed by atoms with E-state index in [1.54, 1.807) is 0 Å². The normalized spacial score (nSPS) is 15.8. The highest BCUT2D eigenvalue weighted by Gasteiger charge is 2.30. The zero-order chi connectivity index (χ0) is 21.5. The first-order chi connectivity index (χ1) is 14.4.